The van der Waals surface area contributed by atoms with Crippen molar-refractivity contribution in [1.82, 2.24) is 34.7 Å². The van der Waals surface area contributed by atoms with Crippen molar-refractivity contribution in [2.75, 3.05) is 19.3 Å². The van der Waals surface area contributed by atoms with Crippen molar-refractivity contribution in [1.29, 1.82) is 0 Å². The second kappa shape index (κ2) is 9.78. The number of amides is 2. The van der Waals surface area contributed by atoms with Crippen molar-refractivity contribution >= 4 is 40.1 Å². The van der Waals surface area contributed by atoms with Crippen LogP contribution in [0, 0.1) is 11.8 Å². The van der Waals surface area contributed by atoms with E-state index in [1.54, 1.807) is 16.6 Å². The van der Waals surface area contributed by atoms with Gasteiger partial charge in [-0.2, -0.15) is 0 Å². The molecule has 2 aliphatic rings. The van der Waals surface area contributed by atoms with Crippen molar-refractivity contribution < 1.29 is 24.5 Å². The molecule has 36 heavy (non-hydrogen) atoms. The number of aromatic nitrogens is 5. The van der Waals surface area contributed by atoms with Crippen molar-refractivity contribution in [3.63, 3.8) is 0 Å². The molecule has 13 nitrogen and oxygen atoms in total. The zero-order valence-electron chi connectivity index (χ0n) is 19.2. The highest BCUT2D eigenvalue weighted by Crippen LogP contribution is 2.32. The lowest BCUT2D eigenvalue weighted by atomic mass is 9.91. The largest absolute Gasteiger partial charge is 0.387 e. The molecule has 0 aromatic carbocycles. The van der Waals surface area contributed by atoms with E-state index in [1.165, 1.54) is 29.3 Å². The van der Waals surface area contributed by atoms with Crippen LogP contribution in [0.4, 0.5) is 5.82 Å². The lowest BCUT2D eigenvalue weighted by Gasteiger charge is -2.36. The van der Waals surface area contributed by atoms with Crippen LogP contribution in [0.2, 0.25) is 0 Å². The first kappa shape index (κ1) is 24.1. The number of nitrogens with two attached hydrogens (primary N) is 1. The number of nitrogen functional groups attached to an aromatic ring is 1. The molecule has 188 valence electrons. The van der Waals surface area contributed by atoms with Crippen LogP contribution in [-0.2, 0) is 9.53 Å². The van der Waals surface area contributed by atoms with Crippen LogP contribution in [0.3, 0.4) is 0 Å². The lowest BCUT2D eigenvalue weighted by Crippen LogP contribution is -2.44. The van der Waals surface area contributed by atoms with Crippen molar-refractivity contribution in [2.45, 2.75) is 49.8 Å². The number of rotatable bonds is 5. The quantitative estimate of drug-likeness (QED) is 0.318. The minimum absolute atomic E-state index is 0.0653. The highest BCUT2D eigenvalue weighted by Gasteiger charge is 2.47. The predicted octanol–water partition coefficient (Wildman–Crippen LogP) is -0.723. The highest BCUT2D eigenvalue weighted by atomic mass is 32.1. The second-order valence-corrected chi connectivity index (χ2v) is 9.37. The van der Waals surface area contributed by atoms with Gasteiger partial charge in [0.2, 0.25) is 5.82 Å². The van der Waals surface area contributed by atoms with E-state index in [2.05, 4.69) is 37.1 Å². The van der Waals surface area contributed by atoms with Gasteiger partial charge in [-0.1, -0.05) is 5.92 Å². The zero-order valence-corrected chi connectivity index (χ0v) is 20.1. The fraction of sp³-hybridized carbons (Fsp3) is 0.455. The van der Waals surface area contributed by atoms with Crippen LogP contribution in [0.1, 0.15) is 41.0 Å². The van der Waals surface area contributed by atoms with Crippen molar-refractivity contribution in [3.8, 4) is 11.8 Å². The molecule has 2 fully saturated rings. The lowest BCUT2D eigenvalue weighted by molar-refractivity contribution is -0.137. The first-order valence-electron chi connectivity index (χ1n) is 11.3. The molecule has 2 amide bonds. The van der Waals surface area contributed by atoms with Gasteiger partial charge in [0.25, 0.3) is 11.8 Å². The average molecular weight is 513 g/mol. The van der Waals surface area contributed by atoms with Crippen LogP contribution in [-0.4, -0.2) is 89.4 Å². The van der Waals surface area contributed by atoms with Crippen LogP contribution in [0.25, 0.3) is 11.2 Å². The number of fused-ring (bicyclic) bond motifs is 1. The number of likely N-dealkylation sites (N-methyl/N-ethyl adjacent to an activating group) is 1. The van der Waals surface area contributed by atoms with Gasteiger partial charge in [-0.25, -0.2) is 15.0 Å². The average Bonchev–Trinajstić information content (AvgIpc) is 3.57. The Morgan fingerprint density at radius 2 is 2.14 bits per heavy atom. The van der Waals surface area contributed by atoms with E-state index < -0.39 is 30.4 Å². The van der Waals surface area contributed by atoms with Gasteiger partial charge < -0.3 is 30.9 Å². The molecule has 1 aliphatic heterocycles. The zero-order chi connectivity index (χ0) is 25.4. The molecular formula is C22H24N8O5S. The molecule has 1 saturated carbocycles. The number of carbonyl (C=O) groups excluding carboxylic acids is 2. The van der Waals surface area contributed by atoms with Crippen LogP contribution in [0.15, 0.2) is 18.0 Å². The van der Waals surface area contributed by atoms with E-state index in [-0.39, 0.29) is 41.3 Å². The van der Waals surface area contributed by atoms with Crippen molar-refractivity contribution in [3.05, 3.63) is 28.7 Å². The molecule has 3 aromatic heterocycles. The third-order valence-corrected chi connectivity index (χ3v) is 7.10. The van der Waals surface area contributed by atoms with Gasteiger partial charge in [-0.15, -0.1) is 11.3 Å². The standard InChI is InChI=1S/C22H24N8O5S/c1-24-20(33)17-15(31)16(32)22(35-17)30-9-26-14-18(23)27-13(28-19(14)30)6-3-7-29(11-4-2-5-11)21(34)12-8-25-10-36-12/h8-11,15-17,22,31-32H,2,4-5,7H2,1H3,(H,24,33)(H2,23,27,28)/t15-,16?,17-,22+/m0/s1. The number of aliphatic hydroxyl groups is 2. The van der Waals surface area contributed by atoms with Gasteiger partial charge in [0.1, 0.15) is 22.6 Å². The summed E-state index contributed by atoms with van der Waals surface area (Å²) in [5.74, 6) is 5.31. The number of ether oxygens (including phenoxy) is 1. The van der Waals surface area contributed by atoms with Gasteiger partial charge in [-0.3, -0.25) is 19.1 Å². The molecule has 3 aromatic rings. The summed E-state index contributed by atoms with van der Waals surface area (Å²) in [6, 6.07) is 0.129. The maximum absolute atomic E-state index is 12.9. The van der Waals surface area contributed by atoms with Gasteiger partial charge in [0, 0.05) is 13.1 Å². The summed E-state index contributed by atoms with van der Waals surface area (Å²) < 4.78 is 6.99. The number of hydrogen-bond acceptors (Lipinski definition) is 11. The summed E-state index contributed by atoms with van der Waals surface area (Å²) in [4.78, 5) is 44.0. The molecule has 0 bridgehead atoms. The molecule has 4 heterocycles. The van der Waals surface area contributed by atoms with Gasteiger partial charge in [0.05, 0.1) is 24.6 Å². The van der Waals surface area contributed by atoms with Gasteiger partial charge in [0.15, 0.2) is 23.8 Å². The maximum Gasteiger partial charge on any atom is 0.266 e. The summed E-state index contributed by atoms with van der Waals surface area (Å²) in [7, 11) is 1.40. The molecule has 0 spiro atoms. The Labute approximate surface area is 209 Å². The Hall–Kier alpha value is -3.64. The van der Waals surface area contributed by atoms with E-state index in [0.717, 1.165) is 19.3 Å². The molecule has 5 N–H and O–H groups in total. The van der Waals surface area contributed by atoms with Gasteiger partial charge >= 0.3 is 0 Å². The predicted molar refractivity (Wildman–Crippen MR) is 127 cm³/mol. The molecule has 1 unspecified atom stereocenters. The first-order chi connectivity index (χ1) is 17.4. The fourth-order valence-electron chi connectivity index (χ4n) is 4.16. The van der Waals surface area contributed by atoms with E-state index in [0.29, 0.717) is 4.88 Å². The fourth-order valence-corrected chi connectivity index (χ4v) is 4.74. The Kier molecular flexibility index (Phi) is 6.54. The van der Waals surface area contributed by atoms with E-state index in [9.17, 15) is 19.8 Å². The van der Waals surface area contributed by atoms with E-state index >= 15 is 0 Å². The minimum atomic E-state index is -1.44. The molecule has 5 rings (SSSR count). The molecule has 0 radical (unpaired) electrons. The van der Waals surface area contributed by atoms with Gasteiger partial charge in [-0.05, 0) is 25.2 Å². The summed E-state index contributed by atoms with van der Waals surface area (Å²) in [6.45, 7) is 0.187. The normalized spacial score (nSPS) is 23.6. The summed E-state index contributed by atoms with van der Waals surface area (Å²) in [6.07, 6.45) is 0.551. The molecule has 14 heteroatoms. The third kappa shape index (κ3) is 4.26. The SMILES string of the molecule is CNC(=O)[C@H]1O[C@@H](n2cnc3c(N)nc(C#CCN(C(=O)c4cncs4)C4CCC4)nc32)C(O)[C@@H]1O. The first-order valence-corrected chi connectivity index (χ1v) is 12.2. The minimum Gasteiger partial charge on any atom is -0.387 e. The molecule has 1 saturated heterocycles. The molecular weight excluding hydrogens is 488 g/mol. The highest BCUT2D eigenvalue weighted by molar-refractivity contribution is 7.11. The Morgan fingerprint density at radius 3 is 2.81 bits per heavy atom. The Balaban J connectivity index is 1.41. The molecule has 4 atom stereocenters. The summed E-state index contributed by atoms with van der Waals surface area (Å²) >= 11 is 1.29. The number of imidazole rings is 1. The van der Waals surface area contributed by atoms with Crippen LogP contribution < -0.4 is 11.1 Å². The Morgan fingerprint density at radius 1 is 1.33 bits per heavy atom. The number of anilines is 1. The van der Waals surface area contributed by atoms with Crippen LogP contribution >= 0.6 is 11.3 Å². The second-order valence-electron chi connectivity index (χ2n) is 8.48. The number of nitrogens with one attached hydrogen (secondary N) is 1. The summed E-state index contributed by atoms with van der Waals surface area (Å²) in [5.41, 5.74) is 8.16. The topological polar surface area (TPSA) is 182 Å². The summed E-state index contributed by atoms with van der Waals surface area (Å²) in [5, 5.41) is 23.2. The van der Waals surface area contributed by atoms with E-state index in [1.807, 2.05) is 0 Å². The number of nitrogens with zero attached hydrogens (tertiary/aromatic N) is 6. The number of aliphatic hydroxyl groups excluding tert-OH is 2. The maximum atomic E-state index is 12.9. The van der Waals surface area contributed by atoms with E-state index in [4.69, 9.17) is 10.5 Å². The van der Waals surface area contributed by atoms with Crippen molar-refractivity contribution in [2.24, 2.45) is 0 Å². The smallest absolute Gasteiger partial charge is 0.266 e. The number of hydrogen-bond donors (Lipinski definition) is 4. The third-order valence-electron chi connectivity index (χ3n) is 6.33. The number of thiazole rings is 1. The monoisotopic (exact) mass is 512 g/mol. The Bertz CT molecular complexity index is 1350. The molecule has 1 aliphatic carbocycles. The number of carbonyl (C=O) groups is 2. The van der Waals surface area contributed by atoms with Crippen LogP contribution in [0.5, 0.6) is 0 Å².